The van der Waals surface area contributed by atoms with Crippen molar-refractivity contribution in [3.63, 3.8) is 0 Å². The number of rotatable bonds is 8. The molecule has 29 heavy (non-hydrogen) atoms. The van der Waals surface area contributed by atoms with Gasteiger partial charge in [-0.3, -0.25) is 0 Å². The molecule has 4 rings (SSSR count). The van der Waals surface area contributed by atoms with Crippen LogP contribution in [0.3, 0.4) is 0 Å². The fraction of sp³-hybridized carbons (Fsp3) is 0.500. The zero-order chi connectivity index (χ0) is 20.1. The van der Waals surface area contributed by atoms with E-state index in [1.165, 1.54) is 21.6 Å². The highest BCUT2D eigenvalue weighted by atomic mass is 16.6. The van der Waals surface area contributed by atoms with Crippen molar-refractivity contribution < 1.29 is 24.2 Å². The smallest absolute Gasteiger partial charge is 0.161 e. The van der Waals surface area contributed by atoms with Gasteiger partial charge >= 0.3 is 0 Å². The lowest BCUT2D eigenvalue weighted by molar-refractivity contribution is -0.915. The summed E-state index contributed by atoms with van der Waals surface area (Å²) in [5.41, 5.74) is 3.88. The average molecular weight is 399 g/mol. The maximum atomic E-state index is 10.6. The van der Waals surface area contributed by atoms with E-state index in [1.54, 1.807) is 0 Å². The topological polar surface area (TPSA) is 52.4 Å². The highest BCUT2D eigenvalue weighted by Crippen LogP contribution is 2.32. The van der Waals surface area contributed by atoms with Crippen molar-refractivity contribution in [3.05, 3.63) is 59.2 Å². The number of fused-ring (bicyclic) bond motifs is 2. The largest absolute Gasteiger partial charge is 0.486 e. The Balaban J connectivity index is 1.30. The zero-order valence-electron chi connectivity index (χ0n) is 17.2. The van der Waals surface area contributed by atoms with Crippen molar-refractivity contribution >= 4 is 0 Å². The molecule has 0 amide bonds. The molecule has 0 bridgehead atoms. The van der Waals surface area contributed by atoms with Crippen LogP contribution in [0.5, 0.6) is 11.5 Å². The van der Waals surface area contributed by atoms with E-state index in [1.807, 2.05) is 6.07 Å². The first-order valence-corrected chi connectivity index (χ1v) is 10.8. The summed E-state index contributed by atoms with van der Waals surface area (Å²) in [5.74, 6) is 1.64. The molecule has 0 spiro atoms. The highest BCUT2D eigenvalue weighted by Gasteiger charge is 2.23. The molecule has 2 aromatic carbocycles. The summed E-state index contributed by atoms with van der Waals surface area (Å²) in [5, 5.41) is 10.6. The quantitative estimate of drug-likeness (QED) is 0.717. The second-order valence-electron chi connectivity index (χ2n) is 8.03. The fourth-order valence-corrected chi connectivity index (χ4v) is 4.33. The lowest BCUT2D eigenvalue weighted by Gasteiger charge is -2.27. The van der Waals surface area contributed by atoms with Gasteiger partial charge in [0, 0.05) is 5.56 Å². The van der Waals surface area contributed by atoms with Crippen LogP contribution in [0.15, 0.2) is 42.5 Å². The number of quaternary nitrogens is 1. The van der Waals surface area contributed by atoms with Gasteiger partial charge in [-0.1, -0.05) is 24.3 Å². The first-order chi connectivity index (χ1) is 14.2. The third kappa shape index (κ3) is 5.10. The molecule has 2 aromatic rings. The molecular weight excluding hydrogens is 366 g/mol. The molecule has 0 aromatic heterocycles. The summed E-state index contributed by atoms with van der Waals surface area (Å²) in [6.45, 7) is 6.19. The van der Waals surface area contributed by atoms with E-state index in [4.69, 9.17) is 14.2 Å². The minimum absolute atomic E-state index is 0.109. The number of benzene rings is 2. The van der Waals surface area contributed by atoms with E-state index in [2.05, 4.69) is 43.3 Å². The minimum Gasteiger partial charge on any atom is -0.486 e. The molecular formula is C24H32NO4+. The summed E-state index contributed by atoms with van der Waals surface area (Å²) >= 11 is 0. The van der Waals surface area contributed by atoms with Crippen LogP contribution in [0.2, 0.25) is 0 Å². The first kappa shape index (κ1) is 20.2. The Morgan fingerprint density at radius 1 is 1.14 bits per heavy atom. The van der Waals surface area contributed by atoms with Crippen LogP contribution in [-0.4, -0.2) is 44.1 Å². The van der Waals surface area contributed by atoms with Crippen LogP contribution in [-0.2, 0) is 17.7 Å². The van der Waals surface area contributed by atoms with Crippen molar-refractivity contribution in [3.8, 4) is 11.5 Å². The number of aryl methyl sites for hydroxylation is 1. The molecule has 1 aliphatic heterocycles. The lowest BCUT2D eigenvalue weighted by atomic mass is 9.89. The van der Waals surface area contributed by atoms with Gasteiger partial charge in [-0.25, -0.2) is 0 Å². The SMILES string of the molecule is CC[NH+](Cc1ccc2c(c1)OCCO2)C[C@H](O)CO[C@@H]1CCCc2ccccc21. The van der Waals surface area contributed by atoms with Gasteiger partial charge in [0.1, 0.15) is 32.4 Å². The van der Waals surface area contributed by atoms with Crippen LogP contribution in [0, 0.1) is 0 Å². The van der Waals surface area contributed by atoms with E-state index < -0.39 is 6.10 Å². The van der Waals surface area contributed by atoms with E-state index in [9.17, 15) is 5.11 Å². The van der Waals surface area contributed by atoms with Crippen LogP contribution in [0.1, 0.15) is 42.6 Å². The van der Waals surface area contributed by atoms with Gasteiger partial charge in [0.2, 0.25) is 0 Å². The Morgan fingerprint density at radius 3 is 2.83 bits per heavy atom. The molecule has 5 nitrogen and oxygen atoms in total. The van der Waals surface area contributed by atoms with Crippen molar-refractivity contribution in [2.75, 3.05) is 32.9 Å². The van der Waals surface area contributed by atoms with Gasteiger partial charge in [0.15, 0.2) is 11.5 Å². The molecule has 0 fully saturated rings. The number of aliphatic hydroxyl groups is 1. The summed E-state index contributed by atoms with van der Waals surface area (Å²) in [4.78, 5) is 1.32. The normalized spacial score (nSPS) is 20.0. The monoisotopic (exact) mass is 398 g/mol. The molecule has 3 atom stereocenters. The minimum atomic E-state index is -0.476. The molecule has 0 radical (unpaired) electrons. The van der Waals surface area contributed by atoms with Gasteiger partial charge < -0.3 is 24.2 Å². The van der Waals surface area contributed by atoms with Gasteiger partial charge in [-0.05, 0) is 55.5 Å². The molecule has 1 aliphatic carbocycles. The van der Waals surface area contributed by atoms with E-state index >= 15 is 0 Å². The van der Waals surface area contributed by atoms with Gasteiger partial charge in [0.05, 0.1) is 19.3 Å². The van der Waals surface area contributed by atoms with Crippen LogP contribution < -0.4 is 14.4 Å². The highest BCUT2D eigenvalue weighted by molar-refractivity contribution is 5.43. The van der Waals surface area contributed by atoms with Crippen molar-refractivity contribution in [2.45, 2.75) is 44.9 Å². The van der Waals surface area contributed by atoms with E-state index in [-0.39, 0.29) is 6.10 Å². The number of likely N-dealkylation sites (N-methyl/N-ethyl adjacent to an activating group) is 1. The summed E-state index contributed by atoms with van der Waals surface area (Å²) in [6.07, 6.45) is 2.94. The molecule has 1 unspecified atom stereocenters. The zero-order valence-corrected chi connectivity index (χ0v) is 17.2. The lowest BCUT2D eigenvalue weighted by Crippen LogP contribution is -3.11. The second kappa shape index (κ2) is 9.61. The third-order valence-electron chi connectivity index (χ3n) is 5.89. The molecule has 1 heterocycles. The molecule has 5 heteroatoms. The molecule has 0 saturated carbocycles. The Hall–Kier alpha value is -2.08. The maximum absolute atomic E-state index is 10.6. The molecule has 156 valence electrons. The predicted octanol–water partition coefficient (Wildman–Crippen LogP) is 2.32. The van der Waals surface area contributed by atoms with Gasteiger partial charge in [-0.2, -0.15) is 0 Å². The molecule has 2 aliphatic rings. The van der Waals surface area contributed by atoms with Crippen molar-refractivity contribution in [2.24, 2.45) is 0 Å². The van der Waals surface area contributed by atoms with Crippen molar-refractivity contribution in [1.82, 2.24) is 0 Å². The van der Waals surface area contributed by atoms with Crippen LogP contribution in [0.4, 0.5) is 0 Å². The third-order valence-corrected chi connectivity index (χ3v) is 5.89. The predicted molar refractivity (Wildman–Crippen MR) is 112 cm³/mol. The second-order valence-corrected chi connectivity index (χ2v) is 8.03. The van der Waals surface area contributed by atoms with Crippen LogP contribution >= 0.6 is 0 Å². The Bertz CT molecular complexity index is 809. The number of hydrogen-bond donors (Lipinski definition) is 2. The Labute approximate surface area is 173 Å². The average Bonchev–Trinajstić information content (AvgIpc) is 2.77. The summed E-state index contributed by atoms with van der Waals surface area (Å²) in [6, 6.07) is 14.7. The number of nitrogens with one attached hydrogen (secondary N) is 1. The number of hydrogen-bond acceptors (Lipinski definition) is 4. The van der Waals surface area contributed by atoms with Crippen molar-refractivity contribution in [1.29, 1.82) is 0 Å². The molecule has 0 saturated heterocycles. The van der Waals surface area contributed by atoms with Crippen LogP contribution in [0.25, 0.3) is 0 Å². The first-order valence-electron chi connectivity index (χ1n) is 10.8. The van der Waals surface area contributed by atoms with E-state index in [0.717, 1.165) is 43.9 Å². The Morgan fingerprint density at radius 2 is 1.97 bits per heavy atom. The standard InChI is InChI=1S/C24H31NO4/c1-2-25(15-18-10-11-23-24(14-18)28-13-12-27-23)16-20(26)17-29-22-9-5-7-19-6-3-4-8-21(19)22/h3-4,6,8,10-11,14,20,22,26H,2,5,7,9,12-13,15-17H2,1H3/p+1/t20-,22+/m0/s1. The summed E-state index contributed by atoms with van der Waals surface area (Å²) < 4.78 is 17.4. The maximum Gasteiger partial charge on any atom is 0.161 e. The number of ether oxygens (including phenoxy) is 3. The fourth-order valence-electron chi connectivity index (χ4n) is 4.33. The van der Waals surface area contributed by atoms with Gasteiger partial charge in [0.25, 0.3) is 0 Å². The van der Waals surface area contributed by atoms with Gasteiger partial charge in [-0.15, -0.1) is 0 Å². The summed E-state index contributed by atoms with van der Waals surface area (Å²) in [7, 11) is 0. The van der Waals surface area contributed by atoms with E-state index in [0.29, 0.717) is 26.4 Å². The Kier molecular flexibility index (Phi) is 6.70. The number of aliphatic hydroxyl groups excluding tert-OH is 1. The molecule has 2 N–H and O–H groups in total.